The van der Waals surface area contributed by atoms with Gasteiger partial charge in [-0.1, -0.05) is 48.5 Å². The van der Waals surface area contributed by atoms with Gasteiger partial charge in [0.05, 0.1) is 12.1 Å². The molecule has 0 spiro atoms. The summed E-state index contributed by atoms with van der Waals surface area (Å²) in [6.45, 7) is 0.298. The van der Waals surface area contributed by atoms with Crippen molar-refractivity contribution in [3.05, 3.63) is 96.3 Å². The van der Waals surface area contributed by atoms with E-state index in [0.29, 0.717) is 24.3 Å². The average Bonchev–Trinajstić information content (AvgIpc) is 3.04. The highest BCUT2D eigenvalue weighted by Gasteiger charge is 2.46. The maximum absolute atomic E-state index is 13.2. The third kappa shape index (κ3) is 4.67. The molecule has 7 heteroatoms. The molecular weight excluding hydrogens is 409 g/mol. The maximum Gasteiger partial charge on any atom is 0.332 e. The molecular formula is C25H22FN3O3. The fourth-order valence-electron chi connectivity index (χ4n) is 3.72. The van der Waals surface area contributed by atoms with Gasteiger partial charge < -0.3 is 10.2 Å². The second-order valence-corrected chi connectivity index (χ2v) is 7.50. The second kappa shape index (κ2) is 9.43. The number of imide groups is 1. The molecule has 0 aliphatic carbocycles. The molecule has 0 bridgehead atoms. The van der Waals surface area contributed by atoms with Gasteiger partial charge >= 0.3 is 6.03 Å². The Labute approximate surface area is 185 Å². The van der Waals surface area contributed by atoms with Gasteiger partial charge in [-0.25, -0.2) is 14.1 Å². The van der Waals surface area contributed by atoms with E-state index >= 15 is 0 Å². The molecule has 4 rings (SSSR count). The van der Waals surface area contributed by atoms with Crippen LogP contribution in [0.15, 0.2) is 84.9 Å². The van der Waals surface area contributed by atoms with E-state index in [4.69, 9.17) is 0 Å². The van der Waals surface area contributed by atoms with E-state index in [1.54, 1.807) is 30.3 Å². The van der Waals surface area contributed by atoms with Gasteiger partial charge in [-0.05, 0) is 48.4 Å². The lowest BCUT2D eigenvalue weighted by molar-refractivity contribution is -0.124. The second-order valence-electron chi connectivity index (χ2n) is 7.50. The fraction of sp³-hybridized carbons (Fsp3) is 0.160. The van der Waals surface area contributed by atoms with Crippen LogP contribution < -0.4 is 10.2 Å². The van der Waals surface area contributed by atoms with Crippen LogP contribution in [0.3, 0.4) is 0 Å². The molecule has 1 heterocycles. The highest BCUT2D eigenvalue weighted by atomic mass is 19.1. The van der Waals surface area contributed by atoms with Gasteiger partial charge in [0, 0.05) is 12.2 Å². The Morgan fingerprint density at radius 1 is 0.875 bits per heavy atom. The van der Waals surface area contributed by atoms with E-state index in [2.05, 4.69) is 5.32 Å². The first-order valence-corrected chi connectivity index (χ1v) is 10.3. The number of nitrogens with one attached hydrogen (secondary N) is 1. The van der Waals surface area contributed by atoms with Gasteiger partial charge in [-0.3, -0.25) is 9.59 Å². The molecule has 0 unspecified atom stereocenters. The third-order valence-electron chi connectivity index (χ3n) is 5.32. The Kier molecular flexibility index (Phi) is 6.26. The van der Waals surface area contributed by atoms with Crippen LogP contribution in [0.2, 0.25) is 0 Å². The van der Waals surface area contributed by atoms with Crippen molar-refractivity contribution in [1.29, 1.82) is 0 Å². The van der Waals surface area contributed by atoms with E-state index in [1.807, 2.05) is 30.3 Å². The molecule has 1 atom stereocenters. The first kappa shape index (κ1) is 21.2. The van der Waals surface area contributed by atoms with Crippen molar-refractivity contribution >= 4 is 29.2 Å². The predicted octanol–water partition coefficient (Wildman–Crippen LogP) is 4.23. The lowest BCUT2D eigenvalue weighted by Crippen LogP contribution is -2.39. The van der Waals surface area contributed by atoms with Crippen LogP contribution >= 0.6 is 0 Å². The first-order chi connectivity index (χ1) is 15.5. The minimum Gasteiger partial charge on any atom is -0.326 e. The molecule has 1 fully saturated rings. The number of hydrogen-bond donors (Lipinski definition) is 1. The number of para-hydroxylation sites is 1. The zero-order chi connectivity index (χ0) is 22.5. The molecule has 1 aliphatic rings. The van der Waals surface area contributed by atoms with Crippen LogP contribution in [-0.4, -0.2) is 35.3 Å². The molecule has 0 saturated carbocycles. The molecule has 6 nitrogen and oxygen atoms in total. The number of anilines is 2. The summed E-state index contributed by atoms with van der Waals surface area (Å²) in [5.41, 5.74) is 1.91. The Balaban J connectivity index is 1.54. The highest BCUT2D eigenvalue weighted by molar-refractivity contribution is 6.22. The van der Waals surface area contributed by atoms with Crippen LogP contribution in [0.25, 0.3) is 0 Å². The summed E-state index contributed by atoms with van der Waals surface area (Å²) in [6.07, 6.45) is 0.360. The standard InChI is InChI=1S/C25H22FN3O3/c26-19-11-13-20(14-12-19)27-23(30)17-22-24(31)29(21-9-5-2-6-10-21)25(32)28(22)16-15-18-7-3-1-4-8-18/h1-14,22H,15-17H2,(H,27,30)/t22-/m0/s1. The summed E-state index contributed by atoms with van der Waals surface area (Å²) in [5.74, 6) is -1.28. The summed E-state index contributed by atoms with van der Waals surface area (Å²) < 4.78 is 13.1. The maximum atomic E-state index is 13.2. The zero-order valence-corrected chi connectivity index (χ0v) is 17.3. The van der Waals surface area contributed by atoms with Gasteiger partial charge in [-0.2, -0.15) is 0 Å². The largest absolute Gasteiger partial charge is 0.332 e. The molecule has 4 amide bonds. The van der Waals surface area contributed by atoms with Crippen molar-refractivity contribution in [1.82, 2.24) is 4.90 Å². The molecule has 162 valence electrons. The number of rotatable bonds is 7. The summed E-state index contributed by atoms with van der Waals surface area (Å²) in [5, 5.41) is 2.67. The Bertz CT molecular complexity index is 1100. The van der Waals surface area contributed by atoms with Crippen LogP contribution in [0, 0.1) is 5.82 Å². The van der Waals surface area contributed by atoms with E-state index in [0.717, 1.165) is 10.5 Å². The van der Waals surface area contributed by atoms with Crippen LogP contribution in [0.4, 0.5) is 20.6 Å². The highest BCUT2D eigenvalue weighted by Crippen LogP contribution is 2.27. The monoisotopic (exact) mass is 431 g/mol. The van der Waals surface area contributed by atoms with Crippen molar-refractivity contribution in [3.8, 4) is 0 Å². The number of hydrogen-bond acceptors (Lipinski definition) is 3. The van der Waals surface area contributed by atoms with Crippen LogP contribution in [-0.2, 0) is 16.0 Å². The van der Waals surface area contributed by atoms with Gasteiger partial charge in [0.25, 0.3) is 5.91 Å². The van der Waals surface area contributed by atoms with Gasteiger partial charge in [0.2, 0.25) is 5.91 Å². The first-order valence-electron chi connectivity index (χ1n) is 10.3. The fourth-order valence-corrected chi connectivity index (χ4v) is 3.72. The lowest BCUT2D eigenvalue weighted by atomic mass is 10.1. The Morgan fingerprint density at radius 2 is 1.50 bits per heavy atom. The Morgan fingerprint density at radius 3 is 2.16 bits per heavy atom. The normalized spacial score (nSPS) is 15.8. The number of nitrogens with zero attached hydrogens (tertiary/aromatic N) is 2. The van der Waals surface area contributed by atoms with Gasteiger partial charge in [0.15, 0.2) is 0 Å². The quantitative estimate of drug-likeness (QED) is 0.569. The molecule has 3 aromatic rings. The smallest absolute Gasteiger partial charge is 0.326 e. The molecule has 1 N–H and O–H groups in total. The minimum absolute atomic E-state index is 0.194. The zero-order valence-electron chi connectivity index (χ0n) is 17.3. The molecule has 3 aromatic carbocycles. The average molecular weight is 431 g/mol. The SMILES string of the molecule is O=C(C[C@H]1C(=O)N(c2ccccc2)C(=O)N1CCc1ccccc1)Nc1ccc(F)cc1. The summed E-state index contributed by atoms with van der Waals surface area (Å²) >= 11 is 0. The minimum atomic E-state index is -0.924. The van der Waals surface area contributed by atoms with Crippen molar-refractivity contribution in [2.24, 2.45) is 0 Å². The number of carbonyl (C=O) groups excluding carboxylic acids is 3. The predicted molar refractivity (Wildman–Crippen MR) is 120 cm³/mol. The number of amides is 4. The van der Waals surface area contributed by atoms with Crippen LogP contribution in [0.1, 0.15) is 12.0 Å². The molecule has 32 heavy (non-hydrogen) atoms. The van der Waals surface area contributed by atoms with E-state index in [9.17, 15) is 18.8 Å². The van der Waals surface area contributed by atoms with Crippen molar-refractivity contribution in [2.45, 2.75) is 18.9 Å². The number of urea groups is 1. The van der Waals surface area contributed by atoms with Gasteiger partial charge in [0.1, 0.15) is 11.9 Å². The van der Waals surface area contributed by atoms with Crippen LogP contribution in [0.5, 0.6) is 0 Å². The summed E-state index contributed by atoms with van der Waals surface area (Å²) in [4.78, 5) is 41.6. The molecule has 0 aromatic heterocycles. The third-order valence-corrected chi connectivity index (χ3v) is 5.32. The number of halogens is 1. The lowest BCUT2D eigenvalue weighted by Gasteiger charge is -2.21. The van der Waals surface area contributed by atoms with E-state index < -0.39 is 29.7 Å². The Hall–Kier alpha value is -4.00. The molecule has 1 aliphatic heterocycles. The van der Waals surface area contributed by atoms with Crippen molar-refractivity contribution < 1.29 is 18.8 Å². The molecule has 1 saturated heterocycles. The number of benzene rings is 3. The topological polar surface area (TPSA) is 69.7 Å². The van der Waals surface area contributed by atoms with E-state index in [-0.39, 0.29) is 6.42 Å². The van der Waals surface area contributed by atoms with Gasteiger partial charge in [-0.15, -0.1) is 0 Å². The summed E-state index contributed by atoms with van der Waals surface area (Å²) in [7, 11) is 0. The number of carbonyl (C=O) groups is 3. The van der Waals surface area contributed by atoms with E-state index in [1.165, 1.54) is 29.2 Å². The van der Waals surface area contributed by atoms with Crippen molar-refractivity contribution in [3.63, 3.8) is 0 Å². The molecule has 0 radical (unpaired) electrons. The van der Waals surface area contributed by atoms with Crippen molar-refractivity contribution in [2.75, 3.05) is 16.8 Å². The summed E-state index contributed by atoms with van der Waals surface area (Å²) in [6, 6.07) is 22.3.